The number of fused-ring (bicyclic) bond motifs is 1. The molecule has 1 amide bonds. The van der Waals surface area contributed by atoms with Crippen molar-refractivity contribution in [1.82, 2.24) is 15.0 Å². The number of benzene rings is 1. The zero-order valence-corrected chi connectivity index (χ0v) is 12.0. The van der Waals surface area contributed by atoms with E-state index >= 15 is 0 Å². The third kappa shape index (κ3) is 2.71. The van der Waals surface area contributed by atoms with Gasteiger partial charge in [-0.1, -0.05) is 30.3 Å². The van der Waals surface area contributed by atoms with E-state index in [-0.39, 0.29) is 0 Å². The van der Waals surface area contributed by atoms with Crippen molar-refractivity contribution in [3.05, 3.63) is 60.0 Å². The van der Waals surface area contributed by atoms with Crippen molar-refractivity contribution in [3.63, 3.8) is 0 Å². The summed E-state index contributed by atoms with van der Waals surface area (Å²) in [5, 5.41) is 3.08. The highest BCUT2D eigenvalue weighted by Gasteiger charge is 2.19. The Morgan fingerprint density at radius 1 is 1.14 bits per heavy atom. The lowest BCUT2D eigenvalue weighted by atomic mass is 10.1. The van der Waals surface area contributed by atoms with Gasteiger partial charge in [-0.05, 0) is 24.6 Å². The summed E-state index contributed by atoms with van der Waals surface area (Å²) < 4.78 is 0. The van der Waals surface area contributed by atoms with Crippen molar-refractivity contribution in [2.24, 2.45) is 5.73 Å². The smallest absolute Gasteiger partial charge is 0.244 e. The second-order valence-corrected chi connectivity index (χ2v) is 4.93. The zero-order chi connectivity index (χ0) is 15.5. The van der Waals surface area contributed by atoms with E-state index in [1.807, 2.05) is 49.4 Å². The highest BCUT2D eigenvalue weighted by Crippen LogP contribution is 2.23. The molecule has 22 heavy (non-hydrogen) atoms. The average molecular weight is 293 g/mol. The van der Waals surface area contributed by atoms with Gasteiger partial charge in [-0.15, -0.1) is 0 Å². The fraction of sp³-hybridized carbons (Fsp3) is 0.125. The first-order valence-corrected chi connectivity index (χ1v) is 6.84. The van der Waals surface area contributed by atoms with Gasteiger partial charge in [-0.25, -0.2) is 15.0 Å². The molecule has 0 aliphatic rings. The summed E-state index contributed by atoms with van der Waals surface area (Å²) in [7, 11) is 0. The fourth-order valence-corrected chi connectivity index (χ4v) is 2.24. The first-order chi connectivity index (χ1) is 10.6. The molecule has 2 aromatic heterocycles. The van der Waals surface area contributed by atoms with Gasteiger partial charge in [0.25, 0.3) is 0 Å². The minimum Gasteiger partial charge on any atom is -0.368 e. The highest BCUT2D eigenvalue weighted by molar-refractivity contribution is 5.89. The van der Waals surface area contributed by atoms with Crippen LogP contribution < -0.4 is 11.1 Å². The minimum atomic E-state index is -0.679. The van der Waals surface area contributed by atoms with Crippen LogP contribution in [-0.4, -0.2) is 20.9 Å². The largest absolute Gasteiger partial charge is 0.368 e. The summed E-state index contributed by atoms with van der Waals surface area (Å²) in [4.78, 5) is 24.6. The van der Waals surface area contributed by atoms with E-state index < -0.39 is 11.9 Å². The number of pyridine rings is 1. The van der Waals surface area contributed by atoms with Crippen molar-refractivity contribution in [3.8, 4) is 0 Å². The van der Waals surface area contributed by atoms with Crippen molar-refractivity contribution in [2.75, 3.05) is 5.32 Å². The quantitative estimate of drug-likeness (QED) is 0.767. The Bertz CT molecular complexity index is 819. The molecule has 0 saturated carbocycles. The second-order valence-electron chi connectivity index (χ2n) is 4.93. The van der Waals surface area contributed by atoms with Crippen molar-refractivity contribution in [2.45, 2.75) is 13.0 Å². The van der Waals surface area contributed by atoms with E-state index in [1.54, 1.807) is 0 Å². The second kappa shape index (κ2) is 5.77. The number of nitrogens with one attached hydrogen (secondary N) is 1. The molecule has 3 aromatic rings. The van der Waals surface area contributed by atoms with Gasteiger partial charge in [-0.3, -0.25) is 4.79 Å². The van der Waals surface area contributed by atoms with Crippen LogP contribution in [0.25, 0.3) is 11.0 Å². The zero-order valence-electron chi connectivity index (χ0n) is 12.0. The molecule has 0 saturated heterocycles. The summed E-state index contributed by atoms with van der Waals surface area (Å²) in [5.74, 6) is 0.00645. The van der Waals surface area contributed by atoms with Gasteiger partial charge < -0.3 is 11.1 Å². The van der Waals surface area contributed by atoms with E-state index in [2.05, 4.69) is 20.3 Å². The number of nitrogens with two attached hydrogens (primary N) is 1. The van der Waals surface area contributed by atoms with Crippen molar-refractivity contribution >= 4 is 22.8 Å². The topological polar surface area (TPSA) is 93.8 Å². The third-order valence-electron chi connectivity index (χ3n) is 3.32. The number of amides is 1. The molecule has 0 aliphatic heterocycles. The number of carbonyl (C=O) groups is 1. The van der Waals surface area contributed by atoms with Crippen molar-refractivity contribution < 1.29 is 4.79 Å². The van der Waals surface area contributed by atoms with Gasteiger partial charge in [0.15, 0.2) is 5.82 Å². The summed E-state index contributed by atoms with van der Waals surface area (Å²) in [6.45, 7) is 1.89. The van der Waals surface area contributed by atoms with Gasteiger partial charge >= 0.3 is 0 Å². The summed E-state index contributed by atoms with van der Waals surface area (Å²) >= 11 is 0. The Hall–Kier alpha value is -3.02. The number of rotatable bonds is 4. The average Bonchev–Trinajstić information content (AvgIpc) is 2.53. The van der Waals surface area contributed by atoms with Crippen LogP contribution in [0.1, 0.15) is 17.3 Å². The Balaban J connectivity index is 2.04. The molecule has 1 atom stereocenters. The number of carbonyl (C=O) groups excluding carboxylic acids is 1. The molecule has 0 fully saturated rings. The van der Waals surface area contributed by atoms with Crippen LogP contribution in [0.2, 0.25) is 0 Å². The SMILES string of the molecule is Cc1ccc2ncnc(N[C@H](C(N)=O)c3ccccc3)c2n1. The maximum atomic E-state index is 11.8. The molecule has 0 aliphatic carbocycles. The number of nitrogens with zero attached hydrogens (tertiary/aromatic N) is 3. The first kappa shape index (κ1) is 13.9. The standard InChI is InChI=1S/C16H15N5O/c1-10-7-8-12-14(20-10)16(19-9-18-12)21-13(15(17)22)11-5-3-2-4-6-11/h2-9,13H,1H3,(H2,17,22)(H,18,19,21)/t13-/m0/s1. The molecule has 0 bridgehead atoms. The lowest BCUT2D eigenvalue weighted by Gasteiger charge is -2.17. The van der Waals surface area contributed by atoms with E-state index in [9.17, 15) is 4.79 Å². The molecular weight excluding hydrogens is 278 g/mol. The van der Waals surface area contributed by atoms with Gasteiger partial charge in [0.2, 0.25) is 5.91 Å². The lowest BCUT2D eigenvalue weighted by molar-refractivity contribution is -0.118. The maximum Gasteiger partial charge on any atom is 0.244 e. The molecule has 0 radical (unpaired) electrons. The molecule has 0 unspecified atom stereocenters. The normalized spacial score (nSPS) is 12.0. The molecule has 2 heterocycles. The van der Waals surface area contributed by atoms with E-state index in [0.717, 1.165) is 11.3 Å². The van der Waals surface area contributed by atoms with Crippen LogP contribution in [0.3, 0.4) is 0 Å². The summed E-state index contributed by atoms with van der Waals surface area (Å²) in [6, 6.07) is 12.3. The van der Waals surface area contributed by atoms with Gasteiger partial charge in [0, 0.05) is 5.69 Å². The molecule has 6 heteroatoms. The van der Waals surface area contributed by atoms with Gasteiger partial charge in [0.1, 0.15) is 17.9 Å². The molecule has 3 rings (SSSR count). The number of aromatic nitrogens is 3. The molecule has 6 nitrogen and oxygen atoms in total. The molecular formula is C16H15N5O. The fourth-order valence-electron chi connectivity index (χ4n) is 2.24. The monoisotopic (exact) mass is 293 g/mol. The van der Waals surface area contributed by atoms with E-state index in [4.69, 9.17) is 5.73 Å². The first-order valence-electron chi connectivity index (χ1n) is 6.84. The predicted octanol–water partition coefficient (Wildman–Crippen LogP) is 1.97. The van der Waals surface area contributed by atoms with E-state index in [1.165, 1.54) is 6.33 Å². The number of hydrogen-bond donors (Lipinski definition) is 2. The Kier molecular flexibility index (Phi) is 3.65. The molecule has 110 valence electrons. The Labute approximate surface area is 127 Å². The summed E-state index contributed by atoms with van der Waals surface area (Å²) in [6.07, 6.45) is 1.44. The number of hydrogen-bond acceptors (Lipinski definition) is 5. The number of primary amides is 1. The summed E-state index contributed by atoms with van der Waals surface area (Å²) in [5.41, 5.74) is 8.47. The highest BCUT2D eigenvalue weighted by atomic mass is 16.1. The van der Waals surface area contributed by atoms with Crippen LogP contribution in [0, 0.1) is 6.92 Å². The lowest BCUT2D eigenvalue weighted by Crippen LogP contribution is -2.28. The van der Waals surface area contributed by atoms with Crippen LogP contribution in [0.5, 0.6) is 0 Å². The number of anilines is 1. The Morgan fingerprint density at radius 2 is 1.91 bits per heavy atom. The number of aryl methyl sites for hydroxylation is 1. The molecule has 3 N–H and O–H groups in total. The van der Waals surface area contributed by atoms with Gasteiger partial charge in [0.05, 0.1) is 5.52 Å². The van der Waals surface area contributed by atoms with Crippen LogP contribution in [-0.2, 0) is 4.79 Å². The van der Waals surface area contributed by atoms with Gasteiger partial charge in [-0.2, -0.15) is 0 Å². The predicted molar refractivity (Wildman–Crippen MR) is 84.1 cm³/mol. The third-order valence-corrected chi connectivity index (χ3v) is 3.32. The van der Waals surface area contributed by atoms with Crippen molar-refractivity contribution in [1.29, 1.82) is 0 Å². The van der Waals surface area contributed by atoms with E-state index in [0.29, 0.717) is 16.9 Å². The van der Waals surface area contributed by atoms with Crippen LogP contribution in [0.4, 0.5) is 5.82 Å². The van der Waals surface area contributed by atoms with Crippen LogP contribution >= 0.6 is 0 Å². The van der Waals surface area contributed by atoms with Crippen LogP contribution in [0.15, 0.2) is 48.8 Å². The minimum absolute atomic E-state index is 0.481. The molecule has 0 spiro atoms. The molecule has 1 aromatic carbocycles. The Morgan fingerprint density at radius 3 is 2.64 bits per heavy atom. The maximum absolute atomic E-state index is 11.8.